The first-order chi connectivity index (χ1) is 9.38. The Morgan fingerprint density at radius 1 is 1.16 bits per heavy atom. The molecule has 0 spiro atoms. The summed E-state index contributed by atoms with van der Waals surface area (Å²) >= 11 is 0. The summed E-state index contributed by atoms with van der Waals surface area (Å²) < 4.78 is 1.79. The molecular formula is C13H14N6. The molecule has 0 amide bonds. The van der Waals surface area contributed by atoms with Crippen molar-refractivity contribution in [3.8, 4) is 0 Å². The van der Waals surface area contributed by atoms with Gasteiger partial charge in [-0.3, -0.25) is 21.2 Å². The van der Waals surface area contributed by atoms with Gasteiger partial charge in [-0.1, -0.05) is 0 Å². The van der Waals surface area contributed by atoms with E-state index in [9.17, 15) is 0 Å². The standard InChI is InChI=1S/C13H14N6/c14-18-12(7-10-1-3-15-4-2-10)11-8-17-19-6-5-16-9-13(11)19/h1-6,8-9,12,18H,7,14H2. The van der Waals surface area contributed by atoms with Gasteiger partial charge in [0, 0.05) is 30.4 Å². The summed E-state index contributed by atoms with van der Waals surface area (Å²) in [6, 6.07) is 3.95. The molecule has 0 aliphatic carbocycles. The minimum atomic E-state index is -0.0101. The highest BCUT2D eigenvalue weighted by molar-refractivity contribution is 5.53. The van der Waals surface area contributed by atoms with E-state index in [1.165, 1.54) is 5.56 Å². The first-order valence-electron chi connectivity index (χ1n) is 6.01. The van der Waals surface area contributed by atoms with E-state index >= 15 is 0 Å². The first-order valence-corrected chi connectivity index (χ1v) is 6.01. The van der Waals surface area contributed by atoms with Crippen molar-refractivity contribution in [1.82, 2.24) is 25.0 Å². The molecule has 0 aliphatic rings. The average Bonchev–Trinajstić information content (AvgIpc) is 2.90. The zero-order valence-electron chi connectivity index (χ0n) is 10.3. The van der Waals surface area contributed by atoms with Gasteiger partial charge in [0.1, 0.15) is 0 Å². The molecule has 1 atom stereocenters. The maximum Gasteiger partial charge on any atom is 0.0893 e. The summed E-state index contributed by atoms with van der Waals surface area (Å²) in [4.78, 5) is 8.14. The van der Waals surface area contributed by atoms with Crippen LogP contribution in [0.2, 0.25) is 0 Å². The van der Waals surface area contributed by atoms with Gasteiger partial charge in [-0.15, -0.1) is 0 Å². The third-order valence-corrected chi connectivity index (χ3v) is 3.12. The highest BCUT2D eigenvalue weighted by Crippen LogP contribution is 2.21. The number of nitrogens with zero attached hydrogens (tertiary/aromatic N) is 4. The fourth-order valence-corrected chi connectivity index (χ4v) is 2.13. The largest absolute Gasteiger partial charge is 0.271 e. The summed E-state index contributed by atoms with van der Waals surface area (Å²) in [5, 5.41) is 4.30. The molecule has 0 aromatic carbocycles. The Morgan fingerprint density at radius 3 is 2.79 bits per heavy atom. The maximum atomic E-state index is 5.68. The summed E-state index contributed by atoms with van der Waals surface area (Å²) in [5.41, 5.74) is 6.00. The van der Waals surface area contributed by atoms with Crippen LogP contribution in [0.25, 0.3) is 5.52 Å². The second kappa shape index (κ2) is 5.13. The maximum absolute atomic E-state index is 5.68. The van der Waals surface area contributed by atoms with Crippen molar-refractivity contribution in [1.29, 1.82) is 0 Å². The van der Waals surface area contributed by atoms with Crippen LogP contribution in [-0.4, -0.2) is 19.6 Å². The molecule has 6 heteroatoms. The molecule has 0 bridgehead atoms. The van der Waals surface area contributed by atoms with Crippen molar-refractivity contribution in [2.45, 2.75) is 12.5 Å². The molecule has 0 radical (unpaired) electrons. The number of fused-ring (bicyclic) bond motifs is 1. The Bertz CT molecular complexity index is 663. The SMILES string of the molecule is NNC(Cc1ccncc1)c1cnn2ccncc12. The zero-order valence-corrected chi connectivity index (χ0v) is 10.3. The number of aromatic nitrogens is 4. The summed E-state index contributed by atoms with van der Waals surface area (Å²) in [6.07, 6.45) is 11.5. The number of hydrazine groups is 1. The average molecular weight is 254 g/mol. The molecule has 3 aromatic heterocycles. The molecule has 0 aliphatic heterocycles. The Balaban J connectivity index is 1.94. The van der Waals surface area contributed by atoms with Gasteiger partial charge < -0.3 is 0 Å². The number of hydrogen-bond donors (Lipinski definition) is 2. The van der Waals surface area contributed by atoms with Gasteiger partial charge in [0.15, 0.2) is 0 Å². The van der Waals surface area contributed by atoms with Crippen molar-refractivity contribution >= 4 is 5.52 Å². The van der Waals surface area contributed by atoms with Crippen LogP contribution in [0.5, 0.6) is 0 Å². The van der Waals surface area contributed by atoms with Gasteiger partial charge >= 0.3 is 0 Å². The van der Waals surface area contributed by atoms with E-state index in [0.29, 0.717) is 0 Å². The van der Waals surface area contributed by atoms with E-state index in [4.69, 9.17) is 5.84 Å². The molecule has 0 fully saturated rings. The van der Waals surface area contributed by atoms with Crippen LogP contribution >= 0.6 is 0 Å². The Hall–Kier alpha value is -2.31. The quantitative estimate of drug-likeness (QED) is 0.533. The number of nitrogens with one attached hydrogen (secondary N) is 1. The predicted octanol–water partition coefficient (Wildman–Crippen LogP) is 0.871. The molecule has 3 N–H and O–H groups in total. The van der Waals surface area contributed by atoms with Gasteiger partial charge in [0.05, 0.1) is 24.0 Å². The topological polar surface area (TPSA) is 81.1 Å². The van der Waals surface area contributed by atoms with Gasteiger partial charge in [0.2, 0.25) is 0 Å². The van der Waals surface area contributed by atoms with Crippen LogP contribution < -0.4 is 11.3 Å². The minimum absolute atomic E-state index is 0.0101. The van der Waals surface area contributed by atoms with Crippen LogP contribution in [0.3, 0.4) is 0 Å². The first kappa shape index (κ1) is 11.8. The molecule has 19 heavy (non-hydrogen) atoms. The van der Waals surface area contributed by atoms with Gasteiger partial charge in [0.25, 0.3) is 0 Å². The van der Waals surface area contributed by atoms with E-state index in [2.05, 4.69) is 20.5 Å². The number of hydrogen-bond acceptors (Lipinski definition) is 5. The molecule has 1 unspecified atom stereocenters. The van der Waals surface area contributed by atoms with Gasteiger partial charge in [-0.05, 0) is 24.1 Å². The smallest absolute Gasteiger partial charge is 0.0893 e. The normalized spacial score (nSPS) is 12.7. The van der Waals surface area contributed by atoms with Gasteiger partial charge in [-0.25, -0.2) is 4.52 Å². The molecule has 3 aromatic rings. The zero-order chi connectivity index (χ0) is 13.1. The third-order valence-electron chi connectivity index (χ3n) is 3.12. The fraction of sp³-hybridized carbons (Fsp3) is 0.154. The van der Waals surface area contributed by atoms with E-state index in [1.54, 1.807) is 29.3 Å². The summed E-state index contributed by atoms with van der Waals surface area (Å²) in [5.74, 6) is 5.68. The Labute approximate surface area is 110 Å². The van der Waals surface area contributed by atoms with Crippen LogP contribution in [0.1, 0.15) is 17.2 Å². The van der Waals surface area contributed by atoms with Crippen LogP contribution in [0.4, 0.5) is 0 Å². The fourth-order valence-electron chi connectivity index (χ4n) is 2.13. The molecule has 0 saturated carbocycles. The summed E-state index contributed by atoms with van der Waals surface area (Å²) in [6.45, 7) is 0. The van der Waals surface area contributed by atoms with E-state index < -0.39 is 0 Å². The van der Waals surface area contributed by atoms with Gasteiger partial charge in [-0.2, -0.15) is 5.10 Å². The van der Waals surface area contributed by atoms with Crippen molar-refractivity contribution in [3.63, 3.8) is 0 Å². The monoisotopic (exact) mass is 254 g/mol. The molecule has 0 saturated heterocycles. The van der Waals surface area contributed by atoms with Crippen molar-refractivity contribution in [2.24, 2.45) is 5.84 Å². The number of nitrogens with two attached hydrogens (primary N) is 1. The van der Waals surface area contributed by atoms with E-state index in [-0.39, 0.29) is 6.04 Å². The van der Waals surface area contributed by atoms with Crippen LogP contribution in [-0.2, 0) is 6.42 Å². The van der Waals surface area contributed by atoms with Crippen molar-refractivity contribution in [3.05, 3.63) is 60.4 Å². The molecule has 6 nitrogen and oxygen atoms in total. The Kier molecular flexibility index (Phi) is 3.18. The predicted molar refractivity (Wildman–Crippen MR) is 71.0 cm³/mol. The molecule has 3 rings (SSSR count). The highest BCUT2D eigenvalue weighted by Gasteiger charge is 2.15. The van der Waals surface area contributed by atoms with Crippen LogP contribution in [0.15, 0.2) is 49.3 Å². The second-order valence-electron chi connectivity index (χ2n) is 4.28. The molecule has 3 heterocycles. The minimum Gasteiger partial charge on any atom is -0.271 e. The number of pyridine rings is 1. The van der Waals surface area contributed by atoms with E-state index in [1.807, 2.05) is 24.5 Å². The summed E-state index contributed by atoms with van der Waals surface area (Å²) in [7, 11) is 0. The lowest BCUT2D eigenvalue weighted by molar-refractivity contribution is 0.555. The van der Waals surface area contributed by atoms with Crippen LogP contribution in [0, 0.1) is 0 Å². The lowest BCUT2D eigenvalue weighted by atomic mass is 10.0. The lowest BCUT2D eigenvalue weighted by Gasteiger charge is -2.14. The number of rotatable bonds is 4. The second-order valence-corrected chi connectivity index (χ2v) is 4.28. The molecular weight excluding hydrogens is 240 g/mol. The third kappa shape index (κ3) is 2.31. The van der Waals surface area contributed by atoms with Crippen molar-refractivity contribution < 1.29 is 0 Å². The lowest BCUT2D eigenvalue weighted by Crippen LogP contribution is -2.29. The molecule has 96 valence electrons. The van der Waals surface area contributed by atoms with Crippen molar-refractivity contribution in [2.75, 3.05) is 0 Å². The van der Waals surface area contributed by atoms with E-state index in [0.717, 1.165) is 17.5 Å². The Morgan fingerprint density at radius 2 is 2.00 bits per heavy atom. The highest BCUT2D eigenvalue weighted by atomic mass is 15.3.